The maximum Gasteiger partial charge on any atom is 0.410 e. The van der Waals surface area contributed by atoms with E-state index in [0.717, 1.165) is 22.3 Å². The summed E-state index contributed by atoms with van der Waals surface area (Å²) in [6.07, 6.45) is -1.60. The fourth-order valence-electron chi connectivity index (χ4n) is 7.00. The maximum atomic E-state index is 13.5. The van der Waals surface area contributed by atoms with Crippen molar-refractivity contribution in [1.82, 2.24) is 25.3 Å². The number of nitrogen functional groups attached to an aromatic ring is 1. The van der Waals surface area contributed by atoms with Crippen LogP contribution in [0.3, 0.4) is 0 Å². The molecule has 3 aliphatic heterocycles. The van der Waals surface area contributed by atoms with Gasteiger partial charge in [0.2, 0.25) is 5.91 Å². The fourth-order valence-corrected chi connectivity index (χ4v) is 7.00. The van der Waals surface area contributed by atoms with Gasteiger partial charge < -0.3 is 55.7 Å². The second kappa shape index (κ2) is 20.0. The number of amides is 5. The summed E-state index contributed by atoms with van der Waals surface area (Å²) >= 11 is 0. The summed E-state index contributed by atoms with van der Waals surface area (Å²) < 4.78 is 24.2. The minimum absolute atomic E-state index is 0.0437. The van der Waals surface area contributed by atoms with E-state index in [-0.39, 0.29) is 37.7 Å². The Labute approximate surface area is 327 Å². The number of anilines is 1. The predicted octanol–water partition coefficient (Wildman–Crippen LogP) is 3.60. The molecule has 5 amide bonds. The molecule has 3 saturated heterocycles. The fraction of sp³-hybridized carbons (Fsp3) is 0.463. The van der Waals surface area contributed by atoms with Crippen molar-refractivity contribution >= 4 is 29.8 Å². The van der Waals surface area contributed by atoms with Crippen molar-refractivity contribution < 1.29 is 38.1 Å². The molecule has 3 fully saturated rings. The van der Waals surface area contributed by atoms with Crippen LogP contribution in [0, 0.1) is 5.92 Å². The summed E-state index contributed by atoms with van der Waals surface area (Å²) in [6.45, 7) is 3.82. The average molecular weight is 772 g/mol. The number of likely N-dealkylation sites (tertiary alicyclic amines) is 1. The molecule has 6 N–H and O–H groups in total. The molecule has 3 aliphatic rings. The molecule has 15 heteroatoms. The number of carbonyl (C=O) groups excluding carboxylic acids is 4. The molecular weight excluding hydrogens is 718 g/mol. The van der Waals surface area contributed by atoms with Gasteiger partial charge in [-0.15, -0.1) is 0 Å². The number of piperidine rings is 1. The van der Waals surface area contributed by atoms with E-state index >= 15 is 0 Å². The van der Waals surface area contributed by atoms with E-state index < -0.39 is 30.5 Å². The molecule has 56 heavy (non-hydrogen) atoms. The number of piperazine rings is 1. The van der Waals surface area contributed by atoms with Gasteiger partial charge in [-0.3, -0.25) is 4.79 Å². The highest BCUT2D eigenvalue weighted by molar-refractivity contribution is 5.79. The number of carbonyl (C=O) groups is 4. The summed E-state index contributed by atoms with van der Waals surface area (Å²) in [6, 6.07) is 24.6. The molecular formula is C41H53N7O8. The van der Waals surface area contributed by atoms with Crippen LogP contribution in [0.2, 0.25) is 0 Å². The Bertz CT molecular complexity index is 1730. The molecule has 0 aliphatic carbocycles. The third-order valence-electron chi connectivity index (χ3n) is 10.5. The quantitative estimate of drug-likeness (QED) is 0.198. The summed E-state index contributed by atoms with van der Waals surface area (Å²) in [5.41, 5.74) is 16.0. The number of rotatable bonds is 12. The van der Waals surface area contributed by atoms with Crippen molar-refractivity contribution in [3.05, 3.63) is 101 Å². The molecule has 0 saturated carbocycles. The highest BCUT2D eigenvalue weighted by Gasteiger charge is 2.40. The van der Waals surface area contributed by atoms with Crippen LogP contribution in [0.25, 0.3) is 0 Å². The highest BCUT2D eigenvalue weighted by atomic mass is 16.6. The van der Waals surface area contributed by atoms with E-state index in [1.165, 1.54) is 0 Å². The topological polar surface area (TPSA) is 191 Å². The van der Waals surface area contributed by atoms with Gasteiger partial charge in [0.25, 0.3) is 0 Å². The molecule has 15 nitrogen and oxygen atoms in total. The third-order valence-corrected chi connectivity index (χ3v) is 10.5. The van der Waals surface area contributed by atoms with Crippen molar-refractivity contribution in [3.8, 4) is 0 Å². The zero-order chi connectivity index (χ0) is 39.3. The van der Waals surface area contributed by atoms with E-state index in [2.05, 4.69) is 10.6 Å². The van der Waals surface area contributed by atoms with Crippen LogP contribution < -0.4 is 22.1 Å². The van der Waals surface area contributed by atoms with Gasteiger partial charge in [0, 0.05) is 76.9 Å². The lowest BCUT2D eigenvalue weighted by molar-refractivity contribution is -0.178. The van der Waals surface area contributed by atoms with Crippen molar-refractivity contribution in [2.45, 2.75) is 63.8 Å². The number of hydrogen-bond acceptors (Lipinski definition) is 10. The number of urea groups is 1. The van der Waals surface area contributed by atoms with Gasteiger partial charge in [0.05, 0.1) is 13.2 Å². The number of nitrogens with two attached hydrogens (primary N) is 2. The first-order valence-corrected chi connectivity index (χ1v) is 19.3. The van der Waals surface area contributed by atoms with Gasteiger partial charge >= 0.3 is 18.2 Å². The highest BCUT2D eigenvalue weighted by Crippen LogP contribution is 2.25. The van der Waals surface area contributed by atoms with Gasteiger partial charge in [-0.1, -0.05) is 66.7 Å². The van der Waals surface area contributed by atoms with Gasteiger partial charge in [0.1, 0.15) is 24.9 Å². The second-order valence-corrected chi connectivity index (χ2v) is 14.3. The molecule has 0 unspecified atom stereocenters. The van der Waals surface area contributed by atoms with Gasteiger partial charge in [-0.25, -0.2) is 14.4 Å². The minimum atomic E-state index is -0.706. The van der Waals surface area contributed by atoms with Crippen molar-refractivity contribution in [3.63, 3.8) is 0 Å². The SMILES string of the molecule is NCc1ccc(CNC(=O)N2CCN(C(=O)O[C@@H]3CCO[C@H](COC(=O)N4CCC(C(=O)NCc5ccc(N)cc5)CC4)[C@H]3OCc3ccccc3)CC2)cc1. The van der Waals surface area contributed by atoms with Gasteiger partial charge in [-0.05, 0) is 47.2 Å². The molecule has 6 rings (SSSR count). The van der Waals surface area contributed by atoms with Crippen LogP contribution in [0.15, 0.2) is 78.9 Å². The van der Waals surface area contributed by atoms with E-state index in [1.54, 1.807) is 26.8 Å². The Morgan fingerprint density at radius 3 is 1.98 bits per heavy atom. The molecule has 300 valence electrons. The predicted molar refractivity (Wildman–Crippen MR) is 208 cm³/mol. The summed E-state index contributed by atoms with van der Waals surface area (Å²) in [4.78, 5) is 57.2. The molecule has 3 aromatic rings. The first kappa shape index (κ1) is 40.3. The van der Waals surface area contributed by atoms with E-state index in [9.17, 15) is 19.2 Å². The lowest BCUT2D eigenvalue weighted by Crippen LogP contribution is -2.55. The molecule has 0 radical (unpaired) electrons. The molecule has 3 atom stereocenters. The first-order chi connectivity index (χ1) is 27.2. The Morgan fingerprint density at radius 2 is 1.30 bits per heavy atom. The third kappa shape index (κ3) is 11.3. The van der Waals surface area contributed by atoms with Crippen molar-refractivity contribution in [1.29, 1.82) is 0 Å². The van der Waals surface area contributed by atoms with Crippen molar-refractivity contribution in [2.24, 2.45) is 11.7 Å². The van der Waals surface area contributed by atoms with E-state index in [0.29, 0.717) is 83.9 Å². The molecule has 0 bridgehead atoms. The molecule has 3 heterocycles. The number of ether oxygens (including phenoxy) is 4. The summed E-state index contributed by atoms with van der Waals surface area (Å²) in [5.74, 6) is -0.246. The lowest BCUT2D eigenvalue weighted by atomic mass is 9.96. The Morgan fingerprint density at radius 1 is 0.696 bits per heavy atom. The van der Waals surface area contributed by atoms with Gasteiger partial charge in [0.15, 0.2) is 0 Å². The lowest BCUT2D eigenvalue weighted by Gasteiger charge is -2.39. The molecule has 3 aromatic carbocycles. The van der Waals surface area contributed by atoms with Gasteiger partial charge in [-0.2, -0.15) is 0 Å². The van der Waals surface area contributed by atoms with Crippen LogP contribution in [0.5, 0.6) is 0 Å². The first-order valence-electron chi connectivity index (χ1n) is 19.3. The van der Waals surface area contributed by atoms with Crippen LogP contribution >= 0.6 is 0 Å². The Hall–Kier alpha value is -5.38. The number of nitrogens with zero attached hydrogens (tertiary/aromatic N) is 3. The smallest absolute Gasteiger partial charge is 0.410 e. The van der Waals surface area contributed by atoms with Crippen LogP contribution in [0.4, 0.5) is 20.1 Å². The second-order valence-electron chi connectivity index (χ2n) is 14.3. The summed E-state index contributed by atoms with van der Waals surface area (Å²) in [5, 5.41) is 5.93. The van der Waals surface area contributed by atoms with Crippen LogP contribution in [-0.4, -0.2) is 110 Å². The monoisotopic (exact) mass is 771 g/mol. The molecule has 0 aromatic heterocycles. The Balaban J connectivity index is 0.969. The van der Waals surface area contributed by atoms with Crippen molar-refractivity contribution in [2.75, 3.05) is 58.2 Å². The zero-order valence-corrected chi connectivity index (χ0v) is 31.7. The standard InChI is InChI=1S/C41H53N7O8/c42-24-29-6-8-30(9-7-29)26-45-39(50)46-19-21-48(22-20-46)41(52)56-35-16-23-53-36(37(35)54-27-32-4-2-1-3-5-32)28-55-40(51)47-17-14-33(15-18-47)38(49)44-25-31-10-12-34(43)13-11-31/h1-13,33,35-37H,14-28,42-43H2,(H,44,49)(H,45,50)/t35-,36-,37+/m1/s1. The summed E-state index contributed by atoms with van der Waals surface area (Å²) in [7, 11) is 0. The largest absolute Gasteiger partial charge is 0.447 e. The van der Waals surface area contributed by atoms with Crippen LogP contribution in [0.1, 0.15) is 41.5 Å². The van der Waals surface area contributed by atoms with E-state index in [1.807, 2.05) is 66.7 Å². The molecule has 0 spiro atoms. The number of nitrogens with one attached hydrogen (secondary N) is 2. The normalized spacial score (nSPS) is 20.2. The van der Waals surface area contributed by atoms with E-state index in [4.69, 9.17) is 30.4 Å². The zero-order valence-electron chi connectivity index (χ0n) is 31.7. The minimum Gasteiger partial charge on any atom is -0.447 e. The maximum absolute atomic E-state index is 13.5. The van der Waals surface area contributed by atoms with Crippen LogP contribution in [-0.2, 0) is 50.0 Å². The number of hydrogen-bond donors (Lipinski definition) is 4. The average Bonchev–Trinajstić information content (AvgIpc) is 3.24. The number of benzene rings is 3. The Kier molecular flexibility index (Phi) is 14.4.